The molecule has 3 rings (SSSR count). The van der Waals surface area contributed by atoms with Crippen LogP contribution < -0.4 is 5.73 Å². The van der Waals surface area contributed by atoms with Crippen LogP contribution >= 0.6 is 11.3 Å². The van der Waals surface area contributed by atoms with Crippen molar-refractivity contribution in [3.05, 3.63) is 69.9 Å². The Balaban J connectivity index is 1.72. The van der Waals surface area contributed by atoms with Crippen LogP contribution in [0, 0.1) is 11.8 Å². The molecule has 2 amide bonds. The topological polar surface area (TPSA) is 66.6 Å². The Morgan fingerprint density at radius 2 is 1.96 bits per heavy atom. The van der Waals surface area contributed by atoms with Crippen molar-refractivity contribution in [2.75, 3.05) is 0 Å². The normalized spacial score (nSPS) is 11.6. The molecular weight excluding hydrogens is 332 g/mol. The molecule has 126 valence electrons. The van der Waals surface area contributed by atoms with Crippen LogP contribution in [0.25, 0.3) is 10.8 Å². The fourth-order valence-electron chi connectivity index (χ4n) is 2.52. The lowest BCUT2D eigenvalue weighted by Gasteiger charge is -2.14. The van der Waals surface area contributed by atoms with Crippen LogP contribution in [-0.4, -0.2) is 22.3 Å². The summed E-state index contributed by atoms with van der Waals surface area (Å²) in [6.07, 6.45) is 0.847. The largest absolute Gasteiger partial charge is 0.350 e. The highest BCUT2D eigenvalue weighted by Crippen LogP contribution is 2.22. The second-order valence-corrected chi connectivity index (χ2v) is 6.92. The zero-order chi connectivity index (χ0) is 17.8. The molecule has 0 spiro atoms. The molecule has 0 saturated carbocycles. The van der Waals surface area contributed by atoms with E-state index >= 15 is 0 Å². The molecular formula is C20H18N2O2S. The number of hydrogen-bond donors (Lipinski definition) is 2. The van der Waals surface area contributed by atoms with E-state index in [0.29, 0.717) is 5.06 Å². The van der Waals surface area contributed by atoms with Gasteiger partial charge >= 0.3 is 6.03 Å². The van der Waals surface area contributed by atoms with Crippen LogP contribution in [0.4, 0.5) is 4.79 Å². The molecule has 25 heavy (non-hydrogen) atoms. The molecule has 0 fully saturated rings. The van der Waals surface area contributed by atoms with E-state index in [9.17, 15) is 10.0 Å². The Kier molecular flexibility index (Phi) is 5.03. The molecule has 0 aliphatic rings. The number of amides is 2. The first kappa shape index (κ1) is 17.0. The number of carbonyl (C=O) groups excluding carboxylic acids is 1. The molecule has 3 N–H and O–H groups in total. The molecule has 1 atom stereocenters. The second kappa shape index (κ2) is 7.39. The Morgan fingerprint density at radius 3 is 2.72 bits per heavy atom. The number of hydroxylamine groups is 2. The number of carbonyl (C=O) groups is 1. The SMILES string of the molecule is CC(C#Cc1ccc(Cc2ccc3ccccc3c2)s1)N(O)C(N)=O. The van der Waals surface area contributed by atoms with Crippen LogP contribution in [0.1, 0.15) is 22.2 Å². The number of primary amides is 1. The number of rotatable bonds is 3. The molecule has 0 aliphatic carbocycles. The monoisotopic (exact) mass is 350 g/mol. The lowest BCUT2D eigenvalue weighted by Crippen LogP contribution is -2.38. The molecule has 2 aromatic carbocycles. The van der Waals surface area contributed by atoms with E-state index in [4.69, 9.17) is 5.73 Å². The first-order chi connectivity index (χ1) is 12.0. The first-order valence-electron chi connectivity index (χ1n) is 7.88. The summed E-state index contributed by atoms with van der Waals surface area (Å²) in [6, 6.07) is 17.2. The van der Waals surface area contributed by atoms with Crippen LogP contribution in [0.2, 0.25) is 0 Å². The van der Waals surface area contributed by atoms with Gasteiger partial charge in [0, 0.05) is 11.3 Å². The minimum absolute atomic E-state index is 0.427. The van der Waals surface area contributed by atoms with Crippen molar-refractivity contribution < 1.29 is 10.0 Å². The number of benzene rings is 2. The lowest BCUT2D eigenvalue weighted by atomic mass is 10.0. The zero-order valence-electron chi connectivity index (χ0n) is 13.8. The van der Waals surface area contributed by atoms with Crippen molar-refractivity contribution >= 4 is 28.1 Å². The van der Waals surface area contributed by atoms with E-state index < -0.39 is 12.1 Å². The van der Waals surface area contributed by atoms with Gasteiger partial charge in [0.2, 0.25) is 0 Å². The van der Waals surface area contributed by atoms with Crippen molar-refractivity contribution in [1.29, 1.82) is 0 Å². The standard InChI is InChI=1S/C20H18N2O2S/c1-14(22(24)20(21)23)6-9-18-10-11-19(25-18)13-15-7-8-16-4-2-3-5-17(16)12-15/h2-5,7-8,10-12,14,24H,13H2,1H3,(H2,21,23). The van der Waals surface area contributed by atoms with Gasteiger partial charge in [-0.25, -0.2) is 4.79 Å². The van der Waals surface area contributed by atoms with Crippen LogP contribution in [-0.2, 0) is 6.42 Å². The number of urea groups is 1. The average molecular weight is 350 g/mol. The summed E-state index contributed by atoms with van der Waals surface area (Å²) >= 11 is 1.61. The van der Waals surface area contributed by atoms with E-state index in [0.717, 1.165) is 11.3 Å². The molecule has 0 aliphatic heterocycles. The van der Waals surface area contributed by atoms with Gasteiger partial charge < -0.3 is 5.73 Å². The summed E-state index contributed by atoms with van der Waals surface area (Å²) in [5.41, 5.74) is 6.26. The van der Waals surface area contributed by atoms with E-state index in [1.807, 2.05) is 18.2 Å². The predicted octanol–water partition coefficient (Wildman–Crippen LogP) is 4.00. The van der Waals surface area contributed by atoms with Gasteiger partial charge in [0.25, 0.3) is 0 Å². The third-order valence-corrected chi connectivity index (χ3v) is 4.85. The molecule has 1 unspecified atom stereocenters. The molecule has 5 heteroatoms. The maximum absolute atomic E-state index is 10.9. The van der Waals surface area contributed by atoms with Crippen molar-refractivity contribution in [2.24, 2.45) is 5.73 Å². The molecule has 0 bridgehead atoms. The third kappa shape index (κ3) is 4.18. The van der Waals surface area contributed by atoms with Crippen molar-refractivity contribution in [3.8, 4) is 11.8 Å². The summed E-state index contributed by atoms with van der Waals surface area (Å²) in [7, 11) is 0. The van der Waals surface area contributed by atoms with Gasteiger partial charge in [-0.15, -0.1) is 11.3 Å². The number of nitrogens with two attached hydrogens (primary N) is 1. The molecule has 4 nitrogen and oxygen atoms in total. The van der Waals surface area contributed by atoms with Gasteiger partial charge in [-0.1, -0.05) is 54.3 Å². The van der Waals surface area contributed by atoms with Gasteiger partial charge in [-0.3, -0.25) is 5.21 Å². The number of thiophene rings is 1. The summed E-state index contributed by atoms with van der Waals surface area (Å²) in [5.74, 6) is 5.79. The van der Waals surface area contributed by atoms with Gasteiger partial charge in [-0.2, -0.15) is 5.06 Å². The fraction of sp³-hybridized carbons (Fsp3) is 0.150. The van der Waals surface area contributed by atoms with Crippen molar-refractivity contribution in [2.45, 2.75) is 19.4 Å². The fourth-order valence-corrected chi connectivity index (χ4v) is 3.42. The van der Waals surface area contributed by atoms with E-state index in [1.54, 1.807) is 18.3 Å². The maximum atomic E-state index is 10.9. The third-order valence-electron chi connectivity index (χ3n) is 3.85. The van der Waals surface area contributed by atoms with Crippen LogP contribution in [0.3, 0.4) is 0 Å². The highest BCUT2D eigenvalue weighted by atomic mass is 32.1. The minimum atomic E-state index is -0.912. The minimum Gasteiger partial charge on any atom is -0.350 e. The van der Waals surface area contributed by atoms with E-state index in [2.05, 4.69) is 48.2 Å². The molecule has 0 radical (unpaired) electrons. The van der Waals surface area contributed by atoms with E-state index in [1.165, 1.54) is 21.2 Å². The molecule has 1 heterocycles. The van der Waals surface area contributed by atoms with Gasteiger partial charge in [0.05, 0.1) is 4.88 Å². The quantitative estimate of drug-likeness (QED) is 0.426. The molecule has 1 aromatic heterocycles. The second-order valence-electron chi connectivity index (χ2n) is 5.75. The smallest absolute Gasteiger partial charge is 0.339 e. The number of hydrogen-bond acceptors (Lipinski definition) is 3. The van der Waals surface area contributed by atoms with Crippen molar-refractivity contribution in [1.82, 2.24) is 5.06 Å². The zero-order valence-corrected chi connectivity index (χ0v) is 14.6. The summed E-state index contributed by atoms with van der Waals surface area (Å²) in [6.45, 7) is 1.61. The Hall–Kier alpha value is -2.81. The van der Waals surface area contributed by atoms with Crippen LogP contribution in [0.15, 0.2) is 54.6 Å². The maximum Gasteiger partial charge on any atom is 0.339 e. The number of nitrogens with zero attached hydrogens (tertiary/aromatic N) is 1. The highest BCUT2D eigenvalue weighted by molar-refractivity contribution is 7.12. The lowest BCUT2D eigenvalue weighted by molar-refractivity contribution is -0.0536. The predicted molar refractivity (Wildman–Crippen MR) is 101 cm³/mol. The Labute approximate surface area is 150 Å². The summed E-state index contributed by atoms with van der Waals surface area (Å²) in [4.78, 5) is 13.0. The van der Waals surface area contributed by atoms with Crippen molar-refractivity contribution in [3.63, 3.8) is 0 Å². The van der Waals surface area contributed by atoms with Gasteiger partial charge in [-0.05, 0) is 35.4 Å². The van der Waals surface area contributed by atoms with Gasteiger partial charge in [0.15, 0.2) is 0 Å². The van der Waals surface area contributed by atoms with Crippen LogP contribution in [0.5, 0.6) is 0 Å². The van der Waals surface area contributed by atoms with E-state index in [-0.39, 0.29) is 0 Å². The average Bonchev–Trinajstić information content (AvgIpc) is 3.06. The Morgan fingerprint density at radius 1 is 1.20 bits per heavy atom. The summed E-state index contributed by atoms with van der Waals surface area (Å²) in [5, 5.41) is 12.3. The molecule has 0 saturated heterocycles. The first-order valence-corrected chi connectivity index (χ1v) is 8.70. The van der Waals surface area contributed by atoms with Gasteiger partial charge in [0.1, 0.15) is 6.04 Å². The Bertz CT molecular complexity index is 968. The number of fused-ring (bicyclic) bond motifs is 1. The molecule has 3 aromatic rings. The highest BCUT2D eigenvalue weighted by Gasteiger charge is 2.11. The summed E-state index contributed by atoms with van der Waals surface area (Å²) < 4.78 is 0.